The van der Waals surface area contributed by atoms with Gasteiger partial charge in [-0.2, -0.15) is 0 Å². The standard InChI is InChI=1S/C16H20N2O3/c1-15(2)12(16(15,3)4)8-18-11-7-9(13(19)20)5-6-10(11)17-14(18)21/h5-7,12H,8H2,1-4H3,(H,17,21)(H,19,20). The van der Waals surface area contributed by atoms with E-state index in [0.717, 1.165) is 0 Å². The van der Waals surface area contributed by atoms with Crippen molar-refractivity contribution in [2.75, 3.05) is 0 Å². The minimum absolute atomic E-state index is 0.175. The molecular weight excluding hydrogens is 268 g/mol. The highest BCUT2D eigenvalue weighted by Gasteiger charge is 2.64. The minimum Gasteiger partial charge on any atom is -0.478 e. The number of aromatic amines is 1. The summed E-state index contributed by atoms with van der Waals surface area (Å²) in [4.78, 5) is 26.1. The maximum atomic E-state index is 12.2. The molecule has 0 aliphatic heterocycles. The molecule has 21 heavy (non-hydrogen) atoms. The van der Waals surface area contributed by atoms with E-state index < -0.39 is 5.97 Å². The van der Waals surface area contributed by atoms with Crippen molar-refractivity contribution in [1.82, 2.24) is 9.55 Å². The van der Waals surface area contributed by atoms with Crippen molar-refractivity contribution in [2.24, 2.45) is 16.7 Å². The van der Waals surface area contributed by atoms with Gasteiger partial charge in [0.05, 0.1) is 16.6 Å². The first kappa shape index (κ1) is 13.9. The zero-order valence-electron chi connectivity index (χ0n) is 12.7. The third-order valence-electron chi connectivity index (χ3n) is 5.71. The van der Waals surface area contributed by atoms with Crippen molar-refractivity contribution in [3.8, 4) is 0 Å². The van der Waals surface area contributed by atoms with E-state index in [4.69, 9.17) is 5.11 Å². The molecule has 2 N–H and O–H groups in total. The molecule has 5 heteroatoms. The number of carbonyl (C=O) groups is 1. The number of hydrogen-bond donors (Lipinski definition) is 2. The Labute approximate surface area is 122 Å². The average Bonchev–Trinajstić information content (AvgIpc) is 2.66. The van der Waals surface area contributed by atoms with Gasteiger partial charge in [-0.15, -0.1) is 0 Å². The highest BCUT2D eigenvalue weighted by atomic mass is 16.4. The Morgan fingerprint density at radius 3 is 2.43 bits per heavy atom. The van der Waals surface area contributed by atoms with Gasteiger partial charge < -0.3 is 10.1 Å². The van der Waals surface area contributed by atoms with E-state index in [1.165, 1.54) is 6.07 Å². The summed E-state index contributed by atoms with van der Waals surface area (Å²) in [5.41, 5.74) is 1.73. The number of aromatic nitrogens is 2. The van der Waals surface area contributed by atoms with Crippen LogP contribution >= 0.6 is 0 Å². The Balaban J connectivity index is 2.07. The molecule has 0 radical (unpaired) electrons. The molecule has 0 amide bonds. The molecule has 0 spiro atoms. The fraction of sp³-hybridized carbons (Fsp3) is 0.500. The normalized spacial score (nSPS) is 19.8. The van der Waals surface area contributed by atoms with E-state index in [9.17, 15) is 9.59 Å². The summed E-state index contributed by atoms with van der Waals surface area (Å²) in [5, 5.41) is 9.10. The maximum Gasteiger partial charge on any atom is 0.335 e. The number of fused-ring (bicyclic) bond motifs is 1. The van der Waals surface area contributed by atoms with Gasteiger partial charge in [-0.05, 0) is 34.9 Å². The van der Waals surface area contributed by atoms with E-state index in [1.54, 1.807) is 16.7 Å². The summed E-state index contributed by atoms with van der Waals surface area (Å²) in [6, 6.07) is 4.73. The Kier molecular flexibility index (Phi) is 2.65. The number of imidazole rings is 1. The third kappa shape index (κ3) is 1.83. The molecule has 112 valence electrons. The molecule has 5 nitrogen and oxygen atoms in total. The molecule has 0 bridgehead atoms. The predicted molar refractivity (Wildman–Crippen MR) is 80.6 cm³/mol. The molecule has 1 aromatic carbocycles. The van der Waals surface area contributed by atoms with E-state index in [-0.39, 0.29) is 22.1 Å². The van der Waals surface area contributed by atoms with Gasteiger partial charge in [-0.1, -0.05) is 27.7 Å². The number of aromatic carboxylic acids is 1. The molecule has 1 fully saturated rings. The van der Waals surface area contributed by atoms with Crippen LogP contribution in [0.25, 0.3) is 11.0 Å². The lowest BCUT2D eigenvalue weighted by molar-refractivity contribution is 0.0697. The van der Waals surface area contributed by atoms with Crippen molar-refractivity contribution >= 4 is 17.0 Å². The fourth-order valence-electron chi connectivity index (χ4n) is 3.44. The molecular formula is C16H20N2O3. The van der Waals surface area contributed by atoms with Crippen LogP contribution in [0.2, 0.25) is 0 Å². The minimum atomic E-state index is -0.982. The lowest BCUT2D eigenvalue weighted by atomic mass is 10.0. The average molecular weight is 288 g/mol. The quantitative estimate of drug-likeness (QED) is 0.911. The Morgan fingerprint density at radius 2 is 1.90 bits per heavy atom. The number of benzene rings is 1. The summed E-state index contributed by atoms with van der Waals surface area (Å²) in [6.07, 6.45) is 0. The number of H-pyrrole nitrogens is 1. The number of carboxylic acids is 1. The molecule has 1 saturated carbocycles. The van der Waals surface area contributed by atoms with Crippen LogP contribution in [0.4, 0.5) is 0 Å². The van der Waals surface area contributed by atoms with Gasteiger partial charge in [0.25, 0.3) is 0 Å². The summed E-state index contributed by atoms with van der Waals surface area (Å²) < 4.78 is 1.67. The predicted octanol–water partition coefficient (Wildman–Crippen LogP) is 2.71. The maximum absolute atomic E-state index is 12.2. The first-order valence-corrected chi connectivity index (χ1v) is 7.12. The first-order chi connectivity index (χ1) is 9.66. The monoisotopic (exact) mass is 288 g/mol. The molecule has 0 atom stereocenters. The summed E-state index contributed by atoms with van der Waals surface area (Å²) in [6.45, 7) is 9.45. The van der Waals surface area contributed by atoms with Gasteiger partial charge in [-0.3, -0.25) is 4.57 Å². The third-order valence-corrected chi connectivity index (χ3v) is 5.71. The largest absolute Gasteiger partial charge is 0.478 e. The van der Waals surface area contributed by atoms with Crippen LogP contribution in [0.3, 0.4) is 0 Å². The fourth-order valence-corrected chi connectivity index (χ4v) is 3.44. The molecule has 1 aliphatic carbocycles. The molecule has 3 rings (SSSR count). The van der Waals surface area contributed by atoms with E-state index in [1.807, 2.05) is 0 Å². The van der Waals surface area contributed by atoms with Crippen molar-refractivity contribution in [2.45, 2.75) is 34.2 Å². The van der Waals surface area contributed by atoms with Crippen molar-refractivity contribution in [3.63, 3.8) is 0 Å². The first-order valence-electron chi connectivity index (χ1n) is 7.12. The zero-order valence-corrected chi connectivity index (χ0v) is 12.7. The van der Waals surface area contributed by atoms with Crippen LogP contribution in [0.15, 0.2) is 23.0 Å². The molecule has 0 unspecified atom stereocenters. The van der Waals surface area contributed by atoms with Gasteiger partial charge in [0.15, 0.2) is 0 Å². The van der Waals surface area contributed by atoms with Crippen LogP contribution in [0, 0.1) is 16.7 Å². The SMILES string of the molecule is CC1(C)C(Cn2c(=O)[nH]c3ccc(C(=O)O)cc32)C1(C)C. The lowest BCUT2D eigenvalue weighted by Crippen LogP contribution is -2.19. The van der Waals surface area contributed by atoms with Crippen LogP contribution < -0.4 is 5.69 Å². The summed E-state index contributed by atoms with van der Waals surface area (Å²) in [5.74, 6) is -0.584. The highest BCUT2D eigenvalue weighted by molar-refractivity contribution is 5.92. The van der Waals surface area contributed by atoms with Crippen LogP contribution in [-0.2, 0) is 6.54 Å². The van der Waals surface area contributed by atoms with Crippen molar-refractivity contribution < 1.29 is 9.90 Å². The Morgan fingerprint density at radius 1 is 1.29 bits per heavy atom. The Bertz CT molecular complexity index is 781. The molecule has 2 aromatic rings. The second kappa shape index (κ2) is 4.00. The molecule has 1 heterocycles. The topological polar surface area (TPSA) is 75.1 Å². The van der Waals surface area contributed by atoms with Gasteiger partial charge >= 0.3 is 11.7 Å². The number of nitrogens with zero attached hydrogens (tertiary/aromatic N) is 1. The van der Waals surface area contributed by atoms with Gasteiger partial charge in [0.1, 0.15) is 0 Å². The van der Waals surface area contributed by atoms with Crippen molar-refractivity contribution in [1.29, 1.82) is 0 Å². The van der Waals surface area contributed by atoms with Crippen molar-refractivity contribution in [3.05, 3.63) is 34.2 Å². The van der Waals surface area contributed by atoms with E-state index in [2.05, 4.69) is 32.7 Å². The summed E-state index contributed by atoms with van der Waals surface area (Å²) >= 11 is 0. The smallest absolute Gasteiger partial charge is 0.335 e. The number of carboxylic acid groups (broad SMARTS) is 1. The second-order valence-electron chi connectivity index (χ2n) is 7.07. The zero-order chi connectivity index (χ0) is 15.6. The highest BCUT2D eigenvalue weighted by Crippen LogP contribution is 2.68. The van der Waals surface area contributed by atoms with Crippen LogP contribution in [-0.4, -0.2) is 20.6 Å². The molecule has 1 aliphatic rings. The number of nitrogens with one attached hydrogen (secondary N) is 1. The van der Waals surface area contributed by atoms with Gasteiger partial charge in [0.2, 0.25) is 0 Å². The van der Waals surface area contributed by atoms with Gasteiger partial charge in [-0.25, -0.2) is 9.59 Å². The lowest BCUT2D eigenvalue weighted by Gasteiger charge is -2.05. The number of rotatable bonds is 3. The second-order valence-corrected chi connectivity index (χ2v) is 7.07. The van der Waals surface area contributed by atoms with Crippen LogP contribution in [0.1, 0.15) is 38.1 Å². The Hall–Kier alpha value is -2.04. The molecule has 1 aromatic heterocycles. The van der Waals surface area contributed by atoms with E-state index in [0.29, 0.717) is 23.5 Å². The van der Waals surface area contributed by atoms with Crippen LogP contribution in [0.5, 0.6) is 0 Å². The molecule has 0 saturated heterocycles. The number of hydrogen-bond acceptors (Lipinski definition) is 2. The van der Waals surface area contributed by atoms with Gasteiger partial charge in [0, 0.05) is 6.54 Å². The van der Waals surface area contributed by atoms with E-state index >= 15 is 0 Å². The summed E-state index contributed by atoms with van der Waals surface area (Å²) in [7, 11) is 0.